The first kappa shape index (κ1) is 19.6. The fourth-order valence-electron chi connectivity index (χ4n) is 3.89. The van der Waals surface area contributed by atoms with E-state index in [-0.39, 0.29) is 11.4 Å². The van der Waals surface area contributed by atoms with Gasteiger partial charge in [0.2, 0.25) is 5.88 Å². The van der Waals surface area contributed by atoms with Crippen LogP contribution in [0.4, 0.5) is 13.2 Å². The summed E-state index contributed by atoms with van der Waals surface area (Å²) in [5.74, 6) is -0.176. The zero-order chi connectivity index (χ0) is 21.5. The Bertz CT molecular complexity index is 1250. The highest BCUT2D eigenvalue weighted by atomic mass is 19.3. The number of nitrogens with zero attached hydrogens (tertiary/aromatic N) is 3. The maximum Gasteiger partial charge on any atom is 0.388 e. The van der Waals surface area contributed by atoms with Gasteiger partial charge in [-0.05, 0) is 60.6 Å². The molecule has 5 rings (SSSR count). The van der Waals surface area contributed by atoms with Gasteiger partial charge in [-0.1, -0.05) is 24.3 Å². The van der Waals surface area contributed by atoms with Gasteiger partial charge in [-0.15, -0.1) is 0 Å². The summed E-state index contributed by atoms with van der Waals surface area (Å²) >= 11 is 0. The summed E-state index contributed by atoms with van der Waals surface area (Å²) in [4.78, 5) is 4.07. The van der Waals surface area contributed by atoms with E-state index in [2.05, 4.69) is 14.8 Å². The van der Waals surface area contributed by atoms with E-state index in [1.165, 1.54) is 24.5 Å². The molecule has 0 unspecified atom stereocenters. The van der Waals surface area contributed by atoms with E-state index in [4.69, 9.17) is 0 Å². The molecule has 0 radical (unpaired) electrons. The molecule has 0 spiro atoms. The van der Waals surface area contributed by atoms with E-state index in [0.29, 0.717) is 28.9 Å². The summed E-state index contributed by atoms with van der Waals surface area (Å²) < 4.78 is 46.7. The molecule has 2 aromatic carbocycles. The molecular formula is C24H20F3N3O. The predicted octanol–water partition coefficient (Wildman–Crippen LogP) is 5.94. The number of pyridine rings is 1. The summed E-state index contributed by atoms with van der Waals surface area (Å²) in [5.41, 5.74) is 4.29. The number of fused-ring (bicyclic) bond motifs is 1. The number of benzene rings is 2. The van der Waals surface area contributed by atoms with Crippen molar-refractivity contribution in [3.05, 3.63) is 82.9 Å². The van der Waals surface area contributed by atoms with Crippen molar-refractivity contribution < 1.29 is 17.9 Å². The third kappa shape index (κ3) is 3.87. The van der Waals surface area contributed by atoms with Crippen LogP contribution >= 0.6 is 0 Å². The Morgan fingerprint density at radius 2 is 1.90 bits per heavy atom. The average Bonchev–Trinajstić information content (AvgIpc) is 3.48. The standard InChI is InChI=1S/C24H20F3N3O/c1-14-19-3-2-4-21(25)22(19)29-23(31-24(26)27)20(14)11-15-5-9-18(10-6-15)30-13-17(12-28-30)16-7-8-16/h2-6,9-10,12-13,16,24H,7-8,11H2,1H3. The van der Waals surface area contributed by atoms with Gasteiger partial charge in [-0.2, -0.15) is 13.9 Å². The maximum absolute atomic E-state index is 14.2. The average molecular weight is 423 g/mol. The van der Waals surface area contributed by atoms with E-state index < -0.39 is 12.4 Å². The van der Waals surface area contributed by atoms with Gasteiger partial charge in [0.05, 0.1) is 11.9 Å². The molecule has 4 aromatic rings. The lowest BCUT2D eigenvalue weighted by Crippen LogP contribution is -2.09. The van der Waals surface area contributed by atoms with Gasteiger partial charge in [0.25, 0.3) is 0 Å². The monoisotopic (exact) mass is 423 g/mol. The Kier molecular flexibility index (Phi) is 4.88. The van der Waals surface area contributed by atoms with Crippen LogP contribution in [0.3, 0.4) is 0 Å². The van der Waals surface area contributed by atoms with Gasteiger partial charge >= 0.3 is 6.61 Å². The van der Waals surface area contributed by atoms with E-state index in [1.54, 1.807) is 19.1 Å². The highest BCUT2D eigenvalue weighted by Crippen LogP contribution is 2.40. The van der Waals surface area contributed by atoms with Gasteiger partial charge in [-0.3, -0.25) is 0 Å². The minimum Gasteiger partial charge on any atom is -0.417 e. The quantitative estimate of drug-likeness (QED) is 0.385. The molecule has 1 aliphatic carbocycles. The summed E-state index contributed by atoms with van der Waals surface area (Å²) in [7, 11) is 0. The molecule has 1 aliphatic rings. The van der Waals surface area contributed by atoms with Gasteiger partial charge < -0.3 is 4.74 Å². The number of aryl methyl sites for hydroxylation is 1. The number of ether oxygens (including phenoxy) is 1. The third-order valence-electron chi connectivity index (χ3n) is 5.75. The molecule has 0 amide bonds. The van der Waals surface area contributed by atoms with Crippen LogP contribution in [0.1, 0.15) is 41.0 Å². The Morgan fingerprint density at radius 1 is 1.13 bits per heavy atom. The number of aromatic nitrogens is 3. The van der Waals surface area contributed by atoms with Crippen molar-refractivity contribution in [2.45, 2.75) is 38.7 Å². The Balaban J connectivity index is 1.48. The van der Waals surface area contributed by atoms with Crippen molar-refractivity contribution >= 4 is 10.9 Å². The van der Waals surface area contributed by atoms with Crippen LogP contribution in [0.25, 0.3) is 16.6 Å². The van der Waals surface area contributed by atoms with Crippen LogP contribution in [0.2, 0.25) is 0 Å². The smallest absolute Gasteiger partial charge is 0.388 e. The van der Waals surface area contributed by atoms with Crippen molar-refractivity contribution in [2.75, 3.05) is 0 Å². The molecule has 2 heterocycles. The van der Waals surface area contributed by atoms with Crippen molar-refractivity contribution in [3.8, 4) is 11.6 Å². The number of para-hydroxylation sites is 1. The third-order valence-corrected chi connectivity index (χ3v) is 5.75. The Labute approximate surface area is 177 Å². The molecule has 1 saturated carbocycles. The molecule has 0 atom stereocenters. The van der Waals surface area contributed by atoms with Crippen LogP contribution in [-0.2, 0) is 6.42 Å². The maximum atomic E-state index is 14.2. The lowest BCUT2D eigenvalue weighted by molar-refractivity contribution is -0.0532. The number of rotatable bonds is 6. The lowest BCUT2D eigenvalue weighted by Gasteiger charge is -2.15. The van der Waals surface area contributed by atoms with Crippen LogP contribution in [0.5, 0.6) is 5.88 Å². The molecule has 0 bridgehead atoms. The van der Waals surface area contributed by atoms with Crippen molar-refractivity contribution in [3.63, 3.8) is 0 Å². The zero-order valence-electron chi connectivity index (χ0n) is 16.9. The Morgan fingerprint density at radius 3 is 2.61 bits per heavy atom. The Hall–Kier alpha value is -3.35. The molecular weight excluding hydrogens is 403 g/mol. The van der Waals surface area contributed by atoms with E-state index >= 15 is 0 Å². The van der Waals surface area contributed by atoms with E-state index in [1.807, 2.05) is 41.3 Å². The van der Waals surface area contributed by atoms with Gasteiger partial charge in [0.15, 0.2) is 0 Å². The van der Waals surface area contributed by atoms with Gasteiger partial charge in [0, 0.05) is 23.6 Å². The van der Waals surface area contributed by atoms with Crippen LogP contribution in [0.15, 0.2) is 54.9 Å². The van der Waals surface area contributed by atoms with Gasteiger partial charge in [0.1, 0.15) is 11.3 Å². The fraction of sp³-hybridized carbons (Fsp3) is 0.250. The highest BCUT2D eigenvalue weighted by Gasteiger charge is 2.25. The molecule has 0 aliphatic heterocycles. The second kappa shape index (κ2) is 7.72. The van der Waals surface area contributed by atoms with Crippen molar-refractivity contribution in [1.82, 2.24) is 14.8 Å². The number of halogens is 3. The number of alkyl halides is 2. The lowest BCUT2D eigenvalue weighted by atomic mass is 9.98. The van der Waals surface area contributed by atoms with Crippen molar-refractivity contribution in [2.24, 2.45) is 0 Å². The minimum absolute atomic E-state index is 0.0277. The number of hydrogen-bond acceptors (Lipinski definition) is 3. The van der Waals surface area contributed by atoms with Crippen LogP contribution in [0, 0.1) is 12.7 Å². The first-order valence-corrected chi connectivity index (χ1v) is 10.2. The fourth-order valence-corrected chi connectivity index (χ4v) is 3.89. The first-order valence-electron chi connectivity index (χ1n) is 10.2. The molecule has 158 valence electrons. The molecule has 4 nitrogen and oxygen atoms in total. The molecule has 1 fully saturated rings. The molecule has 31 heavy (non-hydrogen) atoms. The first-order chi connectivity index (χ1) is 15.0. The topological polar surface area (TPSA) is 39.9 Å². The minimum atomic E-state index is -3.04. The van der Waals surface area contributed by atoms with Crippen LogP contribution < -0.4 is 4.74 Å². The van der Waals surface area contributed by atoms with E-state index in [9.17, 15) is 13.2 Å². The summed E-state index contributed by atoms with van der Waals surface area (Å²) in [5, 5.41) is 5.01. The van der Waals surface area contributed by atoms with Crippen LogP contribution in [-0.4, -0.2) is 21.4 Å². The SMILES string of the molecule is Cc1c(Cc2ccc(-n3cc(C4CC4)cn3)cc2)c(OC(F)F)nc2c(F)cccc12. The van der Waals surface area contributed by atoms with Gasteiger partial charge in [-0.25, -0.2) is 14.1 Å². The summed E-state index contributed by atoms with van der Waals surface area (Å²) in [6.07, 6.45) is 6.73. The largest absolute Gasteiger partial charge is 0.417 e. The number of hydrogen-bond donors (Lipinski definition) is 0. The molecule has 7 heteroatoms. The molecule has 0 saturated heterocycles. The summed E-state index contributed by atoms with van der Waals surface area (Å²) in [6, 6.07) is 12.3. The van der Waals surface area contributed by atoms with E-state index in [0.717, 1.165) is 11.3 Å². The predicted molar refractivity (Wildman–Crippen MR) is 111 cm³/mol. The zero-order valence-corrected chi connectivity index (χ0v) is 16.9. The second-order valence-corrected chi connectivity index (χ2v) is 7.87. The molecule has 2 aromatic heterocycles. The second-order valence-electron chi connectivity index (χ2n) is 7.87. The normalized spacial score (nSPS) is 13.8. The van der Waals surface area contributed by atoms with Crippen molar-refractivity contribution in [1.29, 1.82) is 0 Å². The highest BCUT2D eigenvalue weighted by molar-refractivity contribution is 5.84. The summed E-state index contributed by atoms with van der Waals surface area (Å²) in [6.45, 7) is -1.27. The molecule has 0 N–H and O–H groups in total.